The van der Waals surface area contributed by atoms with E-state index in [1.165, 1.54) is 10.4 Å². The first-order chi connectivity index (χ1) is 12.3. The van der Waals surface area contributed by atoms with E-state index in [0.29, 0.717) is 31.1 Å². The normalized spacial score (nSPS) is 16.7. The summed E-state index contributed by atoms with van der Waals surface area (Å²) in [5, 5.41) is 2.90. The Morgan fingerprint density at radius 2 is 1.81 bits per heavy atom. The van der Waals surface area contributed by atoms with Gasteiger partial charge in [-0.2, -0.15) is 4.31 Å². The number of amides is 1. The molecule has 0 radical (unpaired) electrons. The Morgan fingerprint density at radius 1 is 1.19 bits per heavy atom. The molecule has 26 heavy (non-hydrogen) atoms. The number of hydrogen-bond acceptors (Lipinski definition) is 4. The van der Waals surface area contributed by atoms with Crippen LogP contribution >= 0.6 is 0 Å². The van der Waals surface area contributed by atoms with Gasteiger partial charge in [0.25, 0.3) is 0 Å². The van der Waals surface area contributed by atoms with Crippen molar-refractivity contribution < 1.29 is 17.9 Å². The highest BCUT2D eigenvalue weighted by atomic mass is 32.2. The lowest BCUT2D eigenvalue weighted by molar-refractivity contribution is -0.124. The summed E-state index contributed by atoms with van der Waals surface area (Å²) in [6.07, 6.45) is 3.82. The standard InChI is InChI=1S/C19H30N2O4S/c1-5-21(6-2)26(23,24)17-14-15(10-11-16(17)25-7-3)20-18(22)19(4)12-8-9-13-19/h10-11,14H,5-9,12-13H2,1-4H3,(H,20,22). The van der Waals surface area contributed by atoms with Gasteiger partial charge in [0.1, 0.15) is 10.6 Å². The van der Waals surface area contributed by atoms with E-state index in [0.717, 1.165) is 25.7 Å². The second kappa shape index (κ2) is 8.39. The van der Waals surface area contributed by atoms with Crippen molar-refractivity contribution in [3.63, 3.8) is 0 Å². The van der Waals surface area contributed by atoms with Crippen LogP contribution in [0.3, 0.4) is 0 Å². The van der Waals surface area contributed by atoms with Gasteiger partial charge < -0.3 is 10.1 Å². The van der Waals surface area contributed by atoms with Gasteiger partial charge in [-0.05, 0) is 38.0 Å². The number of carbonyl (C=O) groups is 1. The van der Waals surface area contributed by atoms with E-state index in [-0.39, 0.29) is 16.2 Å². The Bertz CT molecular complexity index is 736. The number of benzene rings is 1. The summed E-state index contributed by atoms with van der Waals surface area (Å²) in [7, 11) is -3.69. The second-order valence-electron chi connectivity index (χ2n) is 6.91. The third kappa shape index (κ3) is 4.20. The summed E-state index contributed by atoms with van der Waals surface area (Å²) in [6, 6.07) is 4.82. The van der Waals surface area contributed by atoms with E-state index >= 15 is 0 Å². The maximum absolute atomic E-state index is 13.0. The van der Waals surface area contributed by atoms with Crippen LogP contribution in [0.25, 0.3) is 0 Å². The fourth-order valence-corrected chi connectivity index (χ4v) is 5.04. The van der Waals surface area contributed by atoms with Gasteiger partial charge >= 0.3 is 0 Å². The van der Waals surface area contributed by atoms with Gasteiger partial charge in [-0.15, -0.1) is 0 Å². The Labute approximate surface area is 157 Å². The first-order valence-corrected chi connectivity index (χ1v) is 10.8. The van der Waals surface area contributed by atoms with Crippen LogP contribution in [-0.4, -0.2) is 38.3 Å². The Hall–Kier alpha value is -1.60. The number of ether oxygens (including phenoxy) is 1. The molecule has 1 N–H and O–H groups in total. The van der Waals surface area contributed by atoms with Crippen molar-refractivity contribution in [2.24, 2.45) is 5.41 Å². The first-order valence-electron chi connectivity index (χ1n) is 9.37. The van der Waals surface area contributed by atoms with E-state index in [1.54, 1.807) is 26.0 Å². The molecule has 0 spiro atoms. The molecule has 1 aromatic rings. The van der Waals surface area contributed by atoms with E-state index in [2.05, 4.69) is 5.32 Å². The molecule has 7 heteroatoms. The molecule has 0 saturated heterocycles. The summed E-state index contributed by atoms with van der Waals surface area (Å²) in [5.74, 6) is 0.259. The zero-order valence-electron chi connectivity index (χ0n) is 16.2. The Kier molecular flexibility index (Phi) is 6.69. The SMILES string of the molecule is CCOc1ccc(NC(=O)C2(C)CCCC2)cc1S(=O)(=O)N(CC)CC. The molecule has 2 rings (SSSR count). The van der Waals surface area contributed by atoms with Crippen LogP contribution in [0.2, 0.25) is 0 Å². The Morgan fingerprint density at radius 3 is 2.35 bits per heavy atom. The number of rotatable bonds is 8. The van der Waals surface area contributed by atoms with Gasteiger partial charge in [0, 0.05) is 24.2 Å². The third-order valence-corrected chi connectivity index (χ3v) is 7.15. The number of anilines is 1. The lowest BCUT2D eigenvalue weighted by Crippen LogP contribution is -2.32. The molecule has 0 unspecified atom stereocenters. The topological polar surface area (TPSA) is 75.7 Å². The molecule has 6 nitrogen and oxygen atoms in total. The number of sulfonamides is 1. The molecule has 1 saturated carbocycles. The monoisotopic (exact) mass is 382 g/mol. The molecule has 1 fully saturated rings. The molecule has 1 aromatic carbocycles. The molecule has 1 amide bonds. The highest BCUT2D eigenvalue weighted by Gasteiger charge is 2.36. The molecule has 0 atom stereocenters. The van der Waals surface area contributed by atoms with Gasteiger partial charge in [-0.25, -0.2) is 8.42 Å². The summed E-state index contributed by atoms with van der Waals surface area (Å²) < 4.78 is 32.9. The number of hydrogen-bond donors (Lipinski definition) is 1. The lowest BCUT2D eigenvalue weighted by atomic mass is 9.88. The minimum Gasteiger partial charge on any atom is -0.492 e. The predicted molar refractivity (Wildman–Crippen MR) is 103 cm³/mol. The van der Waals surface area contributed by atoms with Gasteiger partial charge in [-0.1, -0.05) is 33.6 Å². The maximum Gasteiger partial charge on any atom is 0.246 e. The molecule has 0 heterocycles. The summed E-state index contributed by atoms with van der Waals surface area (Å²) in [6.45, 7) is 8.49. The highest BCUT2D eigenvalue weighted by molar-refractivity contribution is 7.89. The van der Waals surface area contributed by atoms with Gasteiger partial charge in [-0.3, -0.25) is 4.79 Å². The quantitative estimate of drug-likeness (QED) is 0.745. The van der Waals surface area contributed by atoms with Crippen LogP contribution in [0.15, 0.2) is 23.1 Å². The molecule has 0 aliphatic heterocycles. The first kappa shape index (κ1) is 20.7. The summed E-state index contributed by atoms with van der Waals surface area (Å²) in [5.41, 5.74) is 0.105. The molecule has 146 valence electrons. The average molecular weight is 383 g/mol. The predicted octanol–water partition coefficient (Wildman–Crippen LogP) is 3.63. The number of nitrogens with one attached hydrogen (secondary N) is 1. The van der Waals surface area contributed by atoms with E-state index < -0.39 is 10.0 Å². The van der Waals surface area contributed by atoms with Crippen molar-refractivity contribution in [2.75, 3.05) is 25.0 Å². The number of nitrogens with zero attached hydrogens (tertiary/aromatic N) is 1. The molecule has 1 aliphatic carbocycles. The average Bonchev–Trinajstić information content (AvgIpc) is 3.05. The maximum atomic E-state index is 13.0. The van der Waals surface area contributed by atoms with Crippen molar-refractivity contribution in [1.29, 1.82) is 0 Å². The van der Waals surface area contributed by atoms with E-state index in [1.807, 2.05) is 13.8 Å². The minimum absolute atomic E-state index is 0.0506. The molecule has 0 bridgehead atoms. The second-order valence-corrected chi connectivity index (χ2v) is 8.81. The fourth-order valence-electron chi connectivity index (χ4n) is 3.43. The van der Waals surface area contributed by atoms with Gasteiger partial charge in [0.15, 0.2) is 0 Å². The van der Waals surface area contributed by atoms with Crippen molar-refractivity contribution in [1.82, 2.24) is 4.31 Å². The smallest absolute Gasteiger partial charge is 0.246 e. The molecule has 1 aliphatic rings. The van der Waals surface area contributed by atoms with Crippen LogP contribution in [0.4, 0.5) is 5.69 Å². The van der Waals surface area contributed by atoms with Crippen molar-refractivity contribution in [3.05, 3.63) is 18.2 Å². The van der Waals surface area contributed by atoms with Crippen LogP contribution < -0.4 is 10.1 Å². The Balaban J connectivity index is 2.37. The van der Waals surface area contributed by atoms with Crippen LogP contribution in [0.1, 0.15) is 53.4 Å². The van der Waals surface area contributed by atoms with Gasteiger partial charge in [0.05, 0.1) is 6.61 Å². The zero-order valence-corrected chi connectivity index (χ0v) is 17.0. The van der Waals surface area contributed by atoms with Crippen molar-refractivity contribution in [3.8, 4) is 5.75 Å². The molecule has 0 aromatic heterocycles. The highest BCUT2D eigenvalue weighted by Crippen LogP contribution is 2.39. The molecular weight excluding hydrogens is 352 g/mol. The minimum atomic E-state index is -3.69. The van der Waals surface area contributed by atoms with Crippen molar-refractivity contribution >= 4 is 21.6 Å². The summed E-state index contributed by atoms with van der Waals surface area (Å²) in [4.78, 5) is 12.7. The number of carbonyl (C=O) groups excluding carboxylic acids is 1. The summed E-state index contributed by atoms with van der Waals surface area (Å²) >= 11 is 0. The van der Waals surface area contributed by atoms with Crippen molar-refractivity contribution in [2.45, 2.75) is 58.3 Å². The zero-order chi connectivity index (χ0) is 19.4. The largest absolute Gasteiger partial charge is 0.492 e. The third-order valence-electron chi connectivity index (χ3n) is 5.08. The van der Waals surface area contributed by atoms with Crippen LogP contribution in [0, 0.1) is 5.41 Å². The van der Waals surface area contributed by atoms with Crippen LogP contribution in [-0.2, 0) is 14.8 Å². The fraction of sp³-hybridized carbons (Fsp3) is 0.632. The van der Waals surface area contributed by atoms with E-state index in [9.17, 15) is 13.2 Å². The lowest BCUT2D eigenvalue weighted by Gasteiger charge is -2.24. The van der Waals surface area contributed by atoms with Gasteiger partial charge in [0.2, 0.25) is 15.9 Å². The van der Waals surface area contributed by atoms with Crippen LogP contribution in [0.5, 0.6) is 5.75 Å². The van der Waals surface area contributed by atoms with E-state index in [4.69, 9.17) is 4.74 Å². The molecular formula is C19H30N2O4S.